The smallest absolute Gasteiger partial charge is 0.246 e. The molecule has 0 aliphatic rings. The van der Waals surface area contributed by atoms with Crippen molar-refractivity contribution in [2.24, 2.45) is 0 Å². The van der Waals surface area contributed by atoms with Crippen LogP contribution in [0.3, 0.4) is 0 Å². The van der Waals surface area contributed by atoms with Crippen LogP contribution in [0.4, 0.5) is 0 Å². The van der Waals surface area contributed by atoms with Crippen molar-refractivity contribution in [2.45, 2.75) is 4.90 Å². The number of rotatable bonds is 4. The molecule has 1 aromatic heterocycles. The fourth-order valence-corrected chi connectivity index (χ4v) is 2.26. The minimum absolute atomic E-state index is 0.0384. The first kappa shape index (κ1) is 12.2. The molecule has 0 atom stereocenters. The van der Waals surface area contributed by atoms with Gasteiger partial charge in [-0.2, -0.15) is 0 Å². The van der Waals surface area contributed by atoms with Gasteiger partial charge in [0.2, 0.25) is 15.5 Å². The Bertz CT molecular complexity index is 521. The number of hydrogen-bond acceptors (Lipinski definition) is 3. The second-order valence-electron chi connectivity index (χ2n) is 2.71. The van der Waals surface area contributed by atoms with Gasteiger partial charge in [-0.3, -0.25) is 4.79 Å². The summed E-state index contributed by atoms with van der Waals surface area (Å²) in [7, 11) is -3.77. The largest absolute Gasteiger partial charge is 0.366 e. The molecule has 5 nitrogen and oxygen atoms in total. The van der Waals surface area contributed by atoms with Crippen molar-refractivity contribution >= 4 is 26.0 Å². The molecule has 0 aliphatic heterocycles. The van der Waals surface area contributed by atoms with Crippen molar-refractivity contribution in [1.82, 2.24) is 9.71 Å². The SMILES string of the molecule is C=C(Br)CNS(=O)(=O)c1c[nH]ccc1=O. The van der Waals surface area contributed by atoms with Crippen molar-refractivity contribution in [3.63, 3.8) is 0 Å². The van der Waals surface area contributed by atoms with Crippen LogP contribution in [0, 0.1) is 0 Å². The molecule has 7 heteroatoms. The molecule has 1 rings (SSSR count). The summed E-state index contributed by atoms with van der Waals surface area (Å²) in [5.74, 6) is 0. The molecule has 0 fully saturated rings. The van der Waals surface area contributed by atoms with Gasteiger partial charge in [-0.15, -0.1) is 0 Å². The standard InChI is InChI=1S/C8H9BrN2O3S/c1-6(9)4-11-15(13,14)8-5-10-3-2-7(8)12/h2-3,5,11H,1,4H2,(H,10,12). The van der Waals surface area contributed by atoms with Gasteiger partial charge in [0.1, 0.15) is 4.90 Å². The predicted molar refractivity (Wildman–Crippen MR) is 60.3 cm³/mol. The van der Waals surface area contributed by atoms with E-state index < -0.39 is 15.5 Å². The molecule has 0 spiro atoms. The van der Waals surface area contributed by atoms with E-state index in [4.69, 9.17) is 0 Å². The number of aromatic nitrogens is 1. The Morgan fingerprint density at radius 3 is 2.80 bits per heavy atom. The Morgan fingerprint density at radius 1 is 1.60 bits per heavy atom. The third kappa shape index (κ3) is 3.29. The fraction of sp³-hybridized carbons (Fsp3) is 0.125. The maximum Gasteiger partial charge on any atom is 0.246 e. The zero-order chi connectivity index (χ0) is 11.5. The van der Waals surface area contributed by atoms with Crippen LogP contribution in [0.1, 0.15) is 0 Å². The highest BCUT2D eigenvalue weighted by Gasteiger charge is 2.16. The fourth-order valence-electron chi connectivity index (χ4n) is 0.862. The number of nitrogens with one attached hydrogen (secondary N) is 2. The van der Waals surface area contributed by atoms with Crippen molar-refractivity contribution in [3.8, 4) is 0 Å². The lowest BCUT2D eigenvalue weighted by atomic mass is 10.5. The predicted octanol–water partition coefficient (Wildman–Crippen LogP) is 0.562. The Hall–Kier alpha value is -0.920. The Balaban J connectivity index is 3.02. The molecule has 0 amide bonds. The van der Waals surface area contributed by atoms with Crippen molar-refractivity contribution in [1.29, 1.82) is 0 Å². The molecule has 0 saturated heterocycles. The van der Waals surface area contributed by atoms with Crippen molar-refractivity contribution in [2.75, 3.05) is 6.54 Å². The first-order valence-corrected chi connectivity index (χ1v) is 6.21. The Labute approximate surface area is 95.4 Å². The van der Waals surface area contributed by atoms with Crippen LogP contribution in [0.5, 0.6) is 0 Å². The topological polar surface area (TPSA) is 79.0 Å². The third-order valence-electron chi connectivity index (χ3n) is 1.53. The van der Waals surface area contributed by atoms with Gasteiger partial charge in [-0.25, -0.2) is 13.1 Å². The molecule has 1 heterocycles. The minimum atomic E-state index is -3.77. The maximum absolute atomic E-state index is 11.6. The van der Waals surface area contributed by atoms with Gasteiger partial charge < -0.3 is 4.98 Å². The van der Waals surface area contributed by atoms with Crippen molar-refractivity contribution in [3.05, 3.63) is 39.7 Å². The molecule has 0 radical (unpaired) electrons. The zero-order valence-corrected chi connectivity index (χ0v) is 10.1. The van der Waals surface area contributed by atoms with Gasteiger partial charge in [-0.1, -0.05) is 22.5 Å². The monoisotopic (exact) mass is 292 g/mol. The minimum Gasteiger partial charge on any atom is -0.366 e. The number of sulfonamides is 1. The number of aromatic amines is 1. The summed E-state index contributed by atoms with van der Waals surface area (Å²) in [6.45, 7) is 3.52. The van der Waals surface area contributed by atoms with Crippen molar-refractivity contribution < 1.29 is 8.42 Å². The number of H-pyrrole nitrogens is 1. The summed E-state index contributed by atoms with van der Waals surface area (Å²) in [4.78, 5) is 13.5. The van der Waals surface area contributed by atoms with Crippen LogP contribution in [0.2, 0.25) is 0 Å². The quantitative estimate of drug-likeness (QED) is 0.851. The normalized spacial score (nSPS) is 11.3. The molecule has 0 bridgehead atoms. The van der Waals surface area contributed by atoms with Gasteiger partial charge in [-0.05, 0) is 0 Å². The number of hydrogen-bond donors (Lipinski definition) is 2. The first-order valence-electron chi connectivity index (χ1n) is 3.93. The average molecular weight is 293 g/mol. The van der Waals surface area contributed by atoms with Gasteiger partial charge in [0.05, 0.1) is 0 Å². The van der Waals surface area contributed by atoms with Crippen LogP contribution in [0.25, 0.3) is 0 Å². The summed E-state index contributed by atoms with van der Waals surface area (Å²) in [6.07, 6.45) is 2.51. The van der Waals surface area contributed by atoms with Gasteiger partial charge in [0.25, 0.3) is 0 Å². The molecular formula is C8H9BrN2O3S. The molecule has 15 heavy (non-hydrogen) atoms. The average Bonchev–Trinajstić information content (AvgIpc) is 2.15. The van der Waals surface area contributed by atoms with Gasteiger partial charge in [0.15, 0.2) is 0 Å². The lowest BCUT2D eigenvalue weighted by Crippen LogP contribution is -2.29. The summed E-state index contributed by atoms with van der Waals surface area (Å²) in [5.41, 5.74) is -0.554. The Morgan fingerprint density at radius 2 is 2.27 bits per heavy atom. The lowest BCUT2D eigenvalue weighted by molar-refractivity contribution is 0.584. The van der Waals surface area contributed by atoms with Crippen LogP contribution in [0.15, 0.2) is 39.2 Å². The van der Waals surface area contributed by atoms with Crippen LogP contribution >= 0.6 is 15.9 Å². The van der Waals surface area contributed by atoms with Gasteiger partial charge in [0, 0.05) is 29.5 Å². The highest BCUT2D eigenvalue weighted by atomic mass is 79.9. The number of halogens is 1. The number of pyridine rings is 1. The molecular weight excluding hydrogens is 284 g/mol. The second kappa shape index (κ2) is 4.73. The summed E-state index contributed by atoms with van der Waals surface area (Å²) >= 11 is 3.01. The lowest BCUT2D eigenvalue weighted by Gasteiger charge is -2.04. The second-order valence-corrected chi connectivity index (χ2v) is 5.57. The maximum atomic E-state index is 11.6. The van der Waals surface area contributed by atoms with E-state index in [1.807, 2.05) is 0 Å². The summed E-state index contributed by atoms with van der Waals surface area (Å²) in [6, 6.07) is 1.15. The van der Waals surface area contributed by atoms with Crippen LogP contribution in [-0.2, 0) is 10.0 Å². The van der Waals surface area contributed by atoms with E-state index in [-0.39, 0.29) is 11.4 Å². The molecule has 0 aromatic carbocycles. The van der Waals surface area contributed by atoms with E-state index in [0.29, 0.717) is 4.48 Å². The Kier molecular flexibility index (Phi) is 3.83. The molecule has 0 aliphatic carbocycles. The third-order valence-corrected chi connectivity index (χ3v) is 3.23. The molecule has 0 unspecified atom stereocenters. The van der Waals surface area contributed by atoms with E-state index in [9.17, 15) is 13.2 Å². The molecule has 82 valence electrons. The summed E-state index contributed by atoms with van der Waals surface area (Å²) < 4.78 is 25.8. The highest BCUT2D eigenvalue weighted by Crippen LogP contribution is 2.03. The molecule has 0 saturated carbocycles. The van der Waals surface area contributed by atoms with E-state index in [2.05, 4.69) is 32.2 Å². The highest BCUT2D eigenvalue weighted by molar-refractivity contribution is 9.11. The van der Waals surface area contributed by atoms with E-state index in [0.717, 1.165) is 12.3 Å². The zero-order valence-electron chi connectivity index (χ0n) is 7.66. The first-order chi connectivity index (χ1) is 6.93. The summed E-state index contributed by atoms with van der Waals surface area (Å²) in [5, 5.41) is 0. The molecule has 1 aromatic rings. The van der Waals surface area contributed by atoms with Crippen LogP contribution in [-0.4, -0.2) is 19.9 Å². The van der Waals surface area contributed by atoms with E-state index in [1.54, 1.807) is 0 Å². The van der Waals surface area contributed by atoms with E-state index >= 15 is 0 Å². The van der Waals surface area contributed by atoms with Gasteiger partial charge >= 0.3 is 0 Å². The van der Waals surface area contributed by atoms with E-state index in [1.165, 1.54) is 6.20 Å². The van der Waals surface area contributed by atoms with Crippen LogP contribution < -0.4 is 10.2 Å². The molecule has 2 N–H and O–H groups in total.